The van der Waals surface area contributed by atoms with E-state index in [1.54, 1.807) is 7.05 Å². The molecule has 1 aliphatic heterocycles. The highest BCUT2D eigenvalue weighted by Gasteiger charge is 2.22. The Hall–Kier alpha value is -1.10. The first kappa shape index (κ1) is 11.4. The number of rotatable bonds is 2. The summed E-state index contributed by atoms with van der Waals surface area (Å²) in [6.45, 7) is 8.05. The van der Waals surface area contributed by atoms with E-state index in [1.165, 1.54) is 10.9 Å². The van der Waals surface area contributed by atoms with E-state index in [-0.39, 0.29) is 5.82 Å². The molecule has 1 fully saturated rings. The van der Waals surface area contributed by atoms with Gasteiger partial charge in [0, 0.05) is 39.3 Å². The molecule has 0 radical (unpaired) electrons. The summed E-state index contributed by atoms with van der Waals surface area (Å²) in [5.74, 6) is 0.270. The summed E-state index contributed by atoms with van der Waals surface area (Å²) < 4.78 is 15.0. The third kappa shape index (κ3) is 2.19. The molecule has 0 spiro atoms. The molecule has 4 nitrogen and oxygen atoms in total. The van der Waals surface area contributed by atoms with Crippen LogP contribution in [0.1, 0.15) is 13.8 Å². The second-order valence-electron chi connectivity index (χ2n) is 4.59. The summed E-state index contributed by atoms with van der Waals surface area (Å²) in [7, 11) is 1.75. The van der Waals surface area contributed by atoms with Gasteiger partial charge in [-0.25, -0.2) is 4.39 Å². The molecule has 0 aromatic carbocycles. The zero-order valence-electron chi connectivity index (χ0n) is 10.1. The Morgan fingerprint density at radius 1 is 1.25 bits per heavy atom. The molecule has 1 aromatic heterocycles. The van der Waals surface area contributed by atoms with Crippen molar-refractivity contribution < 1.29 is 4.39 Å². The maximum Gasteiger partial charge on any atom is 0.186 e. The van der Waals surface area contributed by atoms with E-state index in [4.69, 9.17) is 0 Å². The first-order chi connectivity index (χ1) is 7.58. The van der Waals surface area contributed by atoms with Crippen LogP contribution >= 0.6 is 0 Å². The lowest BCUT2D eigenvalue weighted by molar-refractivity contribution is 0.208. The summed E-state index contributed by atoms with van der Waals surface area (Å²) in [5.41, 5.74) is 0. The van der Waals surface area contributed by atoms with Crippen LogP contribution in [0.4, 0.5) is 10.2 Å². The van der Waals surface area contributed by atoms with E-state index in [9.17, 15) is 4.39 Å². The minimum absolute atomic E-state index is 0.222. The van der Waals surface area contributed by atoms with E-state index < -0.39 is 0 Å². The molecule has 0 bridgehead atoms. The average Bonchev–Trinajstić information content (AvgIpc) is 2.58. The summed E-state index contributed by atoms with van der Waals surface area (Å²) in [6.07, 6.45) is 1.42. The molecular formula is C11H19FN4. The normalized spacial score (nSPS) is 18.4. The Labute approximate surface area is 95.6 Å². The summed E-state index contributed by atoms with van der Waals surface area (Å²) in [4.78, 5) is 4.42. The van der Waals surface area contributed by atoms with E-state index >= 15 is 0 Å². The molecule has 1 aliphatic rings. The van der Waals surface area contributed by atoms with Gasteiger partial charge in [0.15, 0.2) is 11.6 Å². The third-order valence-electron chi connectivity index (χ3n) is 3.11. The van der Waals surface area contributed by atoms with Crippen molar-refractivity contribution in [1.82, 2.24) is 14.7 Å². The van der Waals surface area contributed by atoms with Crippen molar-refractivity contribution in [2.45, 2.75) is 19.9 Å². The standard InChI is InChI=1S/C11H19FN4/c1-9(2)15-4-6-16(7-5-15)11-10(12)8-14(3)13-11/h8-9H,4-7H2,1-3H3. The van der Waals surface area contributed by atoms with Crippen molar-refractivity contribution in [2.24, 2.45) is 7.05 Å². The topological polar surface area (TPSA) is 24.3 Å². The monoisotopic (exact) mass is 226 g/mol. The predicted molar refractivity (Wildman–Crippen MR) is 62.1 cm³/mol. The van der Waals surface area contributed by atoms with E-state index in [2.05, 4.69) is 23.8 Å². The van der Waals surface area contributed by atoms with Gasteiger partial charge < -0.3 is 4.90 Å². The largest absolute Gasteiger partial charge is 0.350 e. The van der Waals surface area contributed by atoms with Gasteiger partial charge >= 0.3 is 0 Å². The summed E-state index contributed by atoms with van der Waals surface area (Å²) in [6, 6.07) is 0.565. The number of hydrogen-bond donors (Lipinski definition) is 0. The number of halogens is 1. The quantitative estimate of drug-likeness (QED) is 0.754. The highest BCUT2D eigenvalue weighted by atomic mass is 19.1. The molecule has 16 heavy (non-hydrogen) atoms. The number of aromatic nitrogens is 2. The van der Waals surface area contributed by atoms with Crippen molar-refractivity contribution in [1.29, 1.82) is 0 Å². The lowest BCUT2D eigenvalue weighted by atomic mass is 10.2. The minimum Gasteiger partial charge on any atom is -0.350 e. The molecule has 0 atom stereocenters. The smallest absolute Gasteiger partial charge is 0.186 e. The van der Waals surface area contributed by atoms with Crippen LogP contribution in [0.3, 0.4) is 0 Å². The average molecular weight is 226 g/mol. The Bertz CT molecular complexity index is 353. The molecule has 90 valence electrons. The molecular weight excluding hydrogens is 207 g/mol. The van der Waals surface area contributed by atoms with Gasteiger partial charge in [0.1, 0.15) is 0 Å². The van der Waals surface area contributed by atoms with Gasteiger partial charge in [-0.2, -0.15) is 5.10 Å². The molecule has 5 heteroatoms. The number of aryl methyl sites for hydroxylation is 1. The van der Waals surface area contributed by atoms with Crippen LogP contribution < -0.4 is 4.90 Å². The van der Waals surface area contributed by atoms with E-state index in [0.29, 0.717) is 11.9 Å². The number of anilines is 1. The van der Waals surface area contributed by atoms with Crippen LogP contribution in [-0.4, -0.2) is 46.9 Å². The number of piperazine rings is 1. The Kier molecular flexibility index (Phi) is 3.14. The molecule has 0 aliphatic carbocycles. The van der Waals surface area contributed by atoms with E-state index in [0.717, 1.165) is 26.2 Å². The zero-order chi connectivity index (χ0) is 11.7. The van der Waals surface area contributed by atoms with Crippen molar-refractivity contribution in [3.8, 4) is 0 Å². The third-order valence-corrected chi connectivity index (χ3v) is 3.11. The van der Waals surface area contributed by atoms with Gasteiger partial charge in [0.2, 0.25) is 0 Å². The molecule has 0 amide bonds. The molecule has 0 saturated carbocycles. The van der Waals surface area contributed by atoms with E-state index in [1.807, 2.05) is 4.90 Å². The van der Waals surface area contributed by atoms with Gasteiger partial charge in [-0.05, 0) is 13.8 Å². The van der Waals surface area contributed by atoms with Crippen molar-refractivity contribution in [2.75, 3.05) is 31.1 Å². The second-order valence-corrected chi connectivity index (χ2v) is 4.59. The van der Waals surface area contributed by atoms with Gasteiger partial charge in [0.05, 0.1) is 6.20 Å². The number of nitrogens with zero attached hydrogens (tertiary/aromatic N) is 4. The van der Waals surface area contributed by atoms with Crippen molar-refractivity contribution >= 4 is 5.82 Å². The Morgan fingerprint density at radius 3 is 2.31 bits per heavy atom. The zero-order valence-corrected chi connectivity index (χ0v) is 10.1. The van der Waals surface area contributed by atoms with Crippen LogP contribution in [0.5, 0.6) is 0 Å². The fourth-order valence-corrected chi connectivity index (χ4v) is 2.11. The van der Waals surface area contributed by atoms with Crippen LogP contribution in [-0.2, 0) is 7.05 Å². The molecule has 2 heterocycles. The fourth-order valence-electron chi connectivity index (χ4n) is 2.11. The second kappa shape index (κ2) is 4.41. The Morgan fingerprint density at radius 2 is 1.88 bits per heavy atom. The van der Waals surface area contributed by atoms with Gasteiger partial charge in [-0.3, -0.25) is 9.58 Å². The molecule has 0 N–H and O–H groups in total. The lowest BCUT2D eigenvalue weighted by Gasteiger charge is -2.36. The van der Waals surface area contributed by atoms with Gasteiger partial charge in [-0.1, -0.05) is 0 Å². The van der Waals surface area contributed by atoms with Crippen LogP contribution in [0.15, 0.2) is 6.20 Å². The number of hydrogen-bond acceptors (Lipinski definition) is 3. The predicted octanol–water partition coefficient (Wildman–Crippen LogP) is 1.09. The van der Waals surface area contributed by atoms with Crippen molar-refractivity contribution in [3.05, 3.63) is 12.0 Å². The molecule has 0 unspecified atom stereocenters. The van der Waals surface area contributed by atoms with Crippen molar-refractivity contribution in [3.63, 3.8) is 0 Å². The fraction of sp³-hybridized carbons (Fsp3) is 0.727. The summed E-state index contributed by atoms with van der Waals surface area (Å²) in [5, 5.41) is 4.15. The maximum absolute atomic E-state index is 13.5. The molecule has 1 saturated heterocycles. The van der Waals surface area contributed by atoms with Crippen LogP contribution in [0.25, 0.3) is 0 Å². The van der Waals surface area contributed by atoms with Crippen LogP contribution in [0, 0.1) is 5.82 Å². The first-order valence-corrected chi connectivity index (χ1v) is 5.76. The lowest BCUT2D eigenvalue weighted by Crippen LogP contribution is -2.49. The maximum atomic E-state index is 13.5. The van der Waals surface area contributed by atoms with Gasteiger partial charge in [-0.15, -0.1) is 0 Å². The Balaban J connectivity index is 2.01. The SMILES string of the molecule is CC(C)N1CCN(c2nn(C)cc2F)CC1. The molecule has 1 aromatic rings. The highest BCUT2D eigenvalue weighted by Crippen LogP contribution is 2.18. The molecule has 2 rings (SSSR count). The first-order valence-electron chi connectivity index (χ1n) is 5.76. The highest BCUT2D eigenvalue weighted by molar-refractivity contribution is 5.39. The minimum atomic E-state index is -0.222. The van der Waals surface area contributed by atoms with Gasteiger partial charge in [0.25, 0.3) is 0 Å². The summed E-state index contributed by atoms with van der Waals surface area (Å²) >= 11 is 0. The van der Waals surface area contributed by atoms with Crippen LogP contribution in [0.2, 0.25) is 0 Å².